The number of nitrogens with two attached hydrogens (primary N) is 1. The number of aryl methyl sites for hydroxylation is 2. The lowest BCUT2D eigenvalue weighted by molar-refractivity contribution is -0.137. The molecule has 0 spiro atoms. The third-order valence-electron chi connectivity index (χ3n) is 2.31. The average molecular weight is 322 g/mol. The minimum atomic E-state index is -0.961. The van der Waals surface area contributed by atoms with Crippen molar-refractivity contribution in [1.29, 1.82) is 0 Å². The van der Waals surface area contributed by atoms with Crippen LogP contribution in [0.25, 0.3) is 0 Å². The van der Waals surface area contributed by atoms with Gasteiger partial charge in [-0.3, -0.25) is 9.48 Å². The largest absolute Gasteiger partial charge is 0.480 e. The highest BCUT2D eigenvalue weighted by Gasteiger charge is 2.15. The number of aromatic nitrogens is 2. The van der Waals surface area contributed by atoms with Crippen LogP contribution in [0.2, 0.25) is 0 Å². The van der Waals surface area contributed by atoms with Crippen molar-refractivity contribution in [2.24, 2.45) is 5.73 Å². The SMILES string of the molecule is CCn1nc(C)c(Br)c1CSC[C@H](N)C(=O)O. The summed E-state index contributed by atoms with van der Waals surface area (Å²) in [4.78, 5) is 10.6. The van der Waals surface area contributed by atoms with Crippen molar-refractivity contribution in [2.45, 2.75) is 32.2 Å². The van der Waals surface area contributed by atoms with Gasteiger partial charge in [0.25, 0.3) is 0 Å². The molecule has 1 aromatic rings. The maximum Gasteiger partial charge on any atom is 0.321 e. The molecule has 0 fully saturated rings. The first-order chi connectivity index (χ1) is 7.97. The summed E-state index contributed by atoms with van der Waals surface area (Å²) >= 11 is 5.00. The molecule has 3 N–H and O–H groups in total. The Morgan fingerprint density at radius 3 is 2.88 bits per heavy atom. The van der Waals surface area contributed by atoms with Gasteiger partial charge in [0.2, 0.25) is 0 Å². The number of carboxylic acid groups (broad SMARTS) is 1. The maximum atomic E-state index is 10.6. The Morgan fingerprint density at radius 2 is 2.35 bits per heavy atom. The van der Waals surface area contributed by atoms with Crippen LogP contribution in [0.5, 0.6) is 0 Å². The Bertz CT molecular complexity index is 409. The van der Waals surface area contributed by atoms with Crippen LogP contribution >= 0.6 is 27.7 Å². The highest BCUT2D eigenvalue weighted by molar-refractivity contribution is 9.10. The van der Waals surface area contributed by atoms with Crippen molar-refractivity contribution in [1.82, 2.24) is 9.78 Å². The highest BCUT2D eigenvalue weighted by Crippen LogP contribution is 2.25. The molecule has 1 aromatic heterocycles. The molecule has 5 nitrogen and oxygen atoms in total. The van der Waals surface area contributed by atoms with E-state index in [-0.39, 0.29) is 0 Å². The zero-order valence-electron chi connectivity index (χ0n) is 9.81. The van der Waals surface area contributed by atoms with Crippen molar-refractivity contribution in [2.75, 3.05) is 5.75 Å². The first-order valence-electron chi connectivity index (χ1n) is 5.25. The van der Waals surface area contributed by atoms with Gasteiger partial charge in [-0.05, 0) is 29.8 Å². The van der Waals surface area contributed by atoms with Gasteiger partial charge in [0, 0.05) is 18.1 Å². The lowest BCUT2D eigenvalue weighted by Crippen LogP contribution is -2.32. The van der Waals surface area contributed by atoms with Gasteiger partial charge >= 0.3 is 5.97 Å². The van der Waals surface area contributed by atoms with Gasteiger partial charge < -0.3 is 10.8 Å². The quantitative estimate of drug-likeness (QED) is 0.832. The second kappa shape index (κ2) is 6.42. The summed E-state index contributed by atoms with van der Waals surface area (Å²) in [6, 6.07) is -0.808. The second-order valence-electron chi connectivity index (χ2n) is 3.62. The fourth-order valence-corrected chi connectivity index (χ4v) is 2.97. The molecule has 0 bridgehead atoms. The molecule has 0 radical (unpaired) electrons. The fourth-order valence-electron chi connectivity index (χ4n) is 1.36. The predicted molar refractivity (Wildman–Crippen MR) is 72.1 cm³/mol. The number of carboxylic acids is 1. The summed E-state index contributed by atoms with van der Waals surface area (Å²) in [5.74, 6) is 0.142. The average Bonchev–Trinajstić information content (AvgIpc) is 2.56. The Labute approximate surface area is 113 Å². The number of hydrogen-bond donors (Lipinski definition) is 2. The van der Waals surface area contributed by atoms with Crippen LogP contribution in [-0.4, -0.2) is 32.7 Å². The van der Waals surface area contributed by atoms with E-state index >= 15 is 0 Å². The Kier molecular flexibility index (Phi) is 5.48. The molecular weight excluding hydrogens is 306 g/mol. The van der Waals surface area contributed by atoms with E-state index in [1.807, 2.05) is 18.5 Å². The second-order valence-corrected chi connectivity index (χ2v) is 5.44. The summed E-state index contributed by atoms with van der Waals surface area (Å²) in [7, 11) is 0. The van der Waals surface area contributed by atoms with Gasteiger partial charge in [0.1, 0.15) is 6.04 Å². The fraction of sp³-hybridized carbons (Fsp3) is 0.600. The van der Waals surface area contributed by atoms with Crippen molar-refractivity contribution in [3.8, 4) is 0 Å². The molecule has 0 aliphatic carbocycles. The molecule has 7 heteroatoms. The van der Waals surface area contributed by atoms with Crippen LogP contribution < -0.4 is 5.73 Å². The molecule has 96 valence electrons. The molecule has 0 aliphatic rings. The molecule has 0 aromatic carbocycles. The standard InChI is InChI=1S/C10H16BrN3O2S/c1-3-14-8(9(11)6(2)13-14)5-17-4-7(12)10(15)16/h7H,3-5,12H2,1-2H3,(H,15,16)/t7-/m0/s1. The monoisotopic (exact) mass is 321 g/mol. The number of halogens is 1. The number of aliphatic carboxylic acids is 1. The highest BCUT2D eigenvalue weighted by atomic mass is 79.9. The van der Waals surface area contributed by atoms with Crippen molar-refractivity contribution in [3.05, 3.63) is 15.9 Å². The van der Waals surface area contributed by atoms with E-state index in [0.29, 0.717) is 11.5 Å². The number of hydrogen-bond acceptors (Lipinski definition) is 4. The van der Waals surface area contributed by atoms with E-state index in [1.165, 1.54) is 11.8 Å². The first kappa shape index (κ1) is 14.5. The number of nitrogens with zero attached hydrogens (tertiary/aromatic N) is 2. The Balaban J connectivity index is 2.60. The van der Waals surface area contributed by atoms with Crippen molar-refractivity contribution in [3.63, 3.8) is 0 Å². The van der Waals surface area contributed by atoms with E-state index in [4.69, 9.17) is 10.8 Å². The summed E-state index contributed by atoms with van der Waals surface area (Å²) in [6.45, 7) is 4.76. The molecule has 1 rings (SSSR count). The van der Waals surface area contributed by atoms with Crippen LogP contribution in [0.1, 0.15) is 18.3 Å². The lowest BCUT2D eigenvalue weighted by atomic mass is 10.4. The molecule has 1 atom stereocenters. The number of thioether (sulfide) groups is 1. The molecule has 0 amide bonds. The van der Waals surface area contributed by atoms with Crippen molar-refractivity contribution >= 4 is 33.7 Å². The van der Waals surface area contributed by atoms with Gasteiger partial charge in [-0.1, -0.05) is 0 Å². The van der Waals surface area contributed by atoms with Crippen LogP contribution in [0.3, 0.4) is 0 Å². The van der Waals surface area contributed by atoms with E-state index in [9.17, 15) is 4.79 Å². The predicted octanol–water partition coefficient (Wildman–Crippen LogP) is 1.62. The molecule has 0 aliphatic heterocycles. The lowest BCUT2D eigenvalue weighted by Gasteiger charge is -2.07. The maximum absolute atomic E-state index is 10.6. The van der Waals surface area contributed by atoms with Crippen molar-refractivity contribution < 1.29 is 9.90 Å². The van der Waals surface area contributed by atoms with Gasteiger partial charge in [-0.25, -0.2) is 0 Å². The molecular formula is C10H16BrN3O2S. The number of carbonyl (C=O) groups is 1. The van der Waals surface area contributed by atoms with Crippen LogP contribution in [0, 0.1) is 6.92 Å². The topological polar surface area (TPSA) is 81.1 Å². The molecule has 17 heavy (non-hydrogen) atoms. The minimum absolute atomic E-state index is 0.399. The van der Waals surface area contributed by atoms with E-state index < -0.39 is 12.0 Å². The third-order valence-corrected chi connectivity index (χ3v) is 4.41. The van der Waals surface area contributed by atoms with Crippen LogP contribution in [0.15, 0.2) is 4.47 Å². The van der Waals surface area contributed by atoms with Gasteiger partial charge in [-0.15, -0.1) is 0 Å². The van der Waals surface area contributed by atoms with Gasteiger partial charge in [0.05, 0.1) is 15.9 Å². The van der Waals surface area contributed by atoms with E-state index in [0.717, 1.165) is 22.4 Å². The number of rotatable bonds is 6. The first-order valence-corrected chi connectivity index (χ1v) is 7.20. The third kappa shape index (κ3) is 3.72. The smallest absolute Gasteiger partial charge is 0.321 e. The summed E-state index contributed by atoms with van der Waals surface area (Å²) in [5, 5.41) is 13.0. The van der Waals surface area contributed by atoms with Crippen LogP contribution in [-0.2, 0) is 17.1 Å². The molecule has 1 heterocycles. The Morgan fingerprint density at radius 1 is 1.71 bits per heavy atom. The van der Waals surface area contributed by atoms with Crippen LogP contribution in [0.4, 0.5) is 0 Å². The van der Waals surface area contributed by atoms with E-state index in [1.54, 1.807) is 0 Å². The Hall–Kier alpha value is -0.530. The molecule has 0 unspecified atom stereocenters. The molecule has 0 saturated heterocycles. The normalized spacial score (nSPS) is 12.7. The zero-order valence-corrected chi connectivity index (χ0v) is 12.2. The minimum Gasteiger partial charge on any atom is -0.480 e. The van der Waals surface area contributed by atoms with E-state index in [2.05, 4.69) is 21.0 Å². The summed E-state index contributed by atoms with van der Waals surface area (Å²) in [5.41, 5.74) is 7.47. The zero-order chi connectivity index (χ0) is 13.0. The van der Waals surface area contributed by atoms with Gasteiger partial charge in [0.15, 0.2) is 0 Å². The van der Waals surface area contributed by atoms with Gasteiger partial charge in [-0.2, -0.15) is 16.9 Å². The molecule has 0 saturated carbocycles. The summed E-state index contributed by atoms with van der Waals surface area (Å²) < 4.78 is 2.91. The summed E-state index contributed by atoms with van der Waals surface area (Å²) in [6.07, 6.45) is 0.